The maximum absolute atomic E-state index is 5.46. The highest BCUT2D eigenvalue weighted by molar-refractivity contribution is 7.80. The third-order valence-electron chi connectivity index (χ3n) is 4.42. The number of rotatable bonds is 13. The molecule has 1 rings (SSSR count). The van der Waals surface area contributed by atoms with E-state index in [0.29, 0.717) is 0 Å². The summed E-state index contributed by atoms with van der Waals surface area (Å²) in [5, 5.41) is 4.24. The Bertz CT molecular complexity index is 419. The van der Waals surface area contributed by atoms with E-state index >= 15 is 0 Å². The molecule has 0 spiro atoms. The summed E-state index contributed by atoms with van der Waals surface area (Å²) in [6.45, 7) is 4.14. The Morgan fingerprint density at radius 1 is 0.875 bits per heavy atom. The minimum atomic E-state index is 0.856. The normalized spacial score (nSPS) is 10.6. The molecular weight excluding hydrogens is 312 g/mol. The third-order valence-corrected chi connectivity index (χ3v) is 4.87. The van der Waals surface area contributed by atoms with E-state index in [-0.39, 0.29) is 0 Å². The van der Waals surface area contributed by atoms with Crippen LogP contribution in [0, 0.1) is 0 Å². The second kappa shape index (κ2) is 14.3. The van der Waals surface area contributed by atoms with E-state index in [4.69, 9.17) is 12.2 Å². The molecule has 0 saturated heterocycles. The van der Waals surface area contributed by atoms with Gasteiger partial charge in [0.2, 0.25) is 0 Å². The van der Waals surface area contributed by atoms with E-state index in [1.54, 1.807) is 0 Å². The second-order valence-corrected chi connectivity index (χ2v) is 7.14. The number of unbranched alkanes of at least 4 members (excludes halogenated alkanes) is 9. The van der Waals surface area contributed by atoms with E-state index in [9.17, 15) is 0 Å². The number of hydrogen-bond donors (Lipinski definition) is 1. The first kappa shape index (κ1) is 21.0. The fourth-order valence-electron chi connectivity index (χ4n) is 2.87. The zero-order valence-corrected chi connectivity index (χ0v) is 16.5. The lowest BCUT2D eigenvalue weighted by Gasteiger charge is -2.21. The minimum Gasteiger partial charge on any atom is -0.363 e. The van der Waals surface area contributed by atoms with E-state index in [1.807, 2.05) is 6.07 Å². The highest BCUT2D eigenvalue weighted by atomic mass is 32.1. The summed E-state index contributed by atoms with van der Waals surface area (Å²) in [7, 11) is 2.06. The SMILES string of the molecule is CCCCCCCCCCCCNC(=S)N(C)Cc1ccccc1. The van der Waals surface area contributed by atoms with Crippen molar-refractivity contribution in [3.05, 3.63) is 35.9 Å². The molecule has 24 heavy (non-hydrogen) atoms. The quantitative estimate of drug-likeness (QED) is 0.352. The van der Waals surface area contributed by atoms with E-state index in [1.165, 1.54) is 69.8 Å². The van der Waals surface area contributed by atoms with Crippen LogP contribution >= 0.6 is 12.2 Å². The van der Waals surface area contributed by atoms with Gasteiger partial charge in [0.1, 0.15) is 0 Å². The molecule has 1 aromatic rings. The molecule has 0 radical (unpaired) electrons. The Kier molecular flexibility index (Phi) is 12.5. The van der Waals surface area contributed by atoms with Gasteiger partial charge in [-0.3, -0.25) is 0 Å². The third kappa shape index (κ3) is 10.6. The lowest BCUT2D eigenvalue weighted by molar-refractivity contribution is 0.485. The van der Waals surface area contributed by atoms with Gasteiger partial charge in [0.15, 0.2) is 5.11 Å². The molecular formula is C21H36N2S. The fourth-order valence-corrected chi connectivity index (χ4v) is 3.04. The molecule has 3 heteroatoms. The molecule has 2 nitrogen and oxygen atoms in total. The summed E-state index contributed by atoms with van der Waals surface area (Å²) >= 11 is 5.46. The van der Waals surface area contributed by atoms with Crippen LogP contribution in [0.5, 0.6) is 0 Å². The summed E-state index contributed by atoms with van der Waals surface area (Å²) in [6.07, 6.45) is 13.7. The van der Waals surface area contributed by atoms with Gasteiger partial charge in [0.25, 0.3) is 0 Å². The molecule has 0 amide bonds. The molecule has 0 aromatic heterocycles. The van der Waals surface area contributed by atoms with Crippen molar-refractivity contribution in [3.8, 4) is 0 Å². The van der Waals surface area contributed by atoms with E-state index < -0.39 is 0 Å². The topological polar surface area (TPSA) is 15.3 Å². The van der Waals surface area contributed by atoms with Crippen LogP contribution < -0.4 is 5.32 Å². The summed E-state index contributed by atoms with van der Waals surface area (Å²) in [6, 6.07) is 10.5. The summed E-state index contributed by atoms with van der Waals surface area (Å²) < 4.78 is 0. The summed E-state index contributed by atoms with van der Waals surface area (Å²) in [5.41, 5.74) is 1.29. The predicted octanol–water partition coefficient (Wildman–Crippen LogP) is 5.91. The summed E-state index contributed by atoms with van der Waals surface area (Å²) in [4.78, 5) is 2.11. The first-order valence-electron chi connectivity index (χ1n) is 9.77. The molecule has 0 atom stereocenters. The van der Waals surface area contributed by atoms with Crippen molar-refractivity contribution < 1.29 is 0 Å². The zero-order valence-electron chi connectivity index (χ0n) is 15.7. The fraction of sp³-hybridized carbons (Fsp3) is 0.667. The van der Waals surface area contributed by atoms with Gasteiger partial charge in [-0.15, -0.1) is 0 Å². The van der Waals surface area contributed by atoms with Crippen molar-refractivity contribution in [2.24, 2.45) is 0 Å². The Morgan fingerprint density at radius 2 is 1.42 bits per heavy atom. The molecule has 1 N–H and O–H groups in total. The largest absolute Gasteiger partial charge is 0.363 e. The standard InChI is InChI=1S/C21H36N2S/c1-3-4-5-6-7-8-9-10-11-15-18-22-21(24)23(2)19-20-16-13-12-14-17-20/h12-14,16-17H,3-11,15,18-19H2,1-2H3,(H,22,24). The van der Waals surface area contributed by atoms with Crippen molar-refractivity contribution in [2.45, 2.75) is 77.7 Å². The van der Waals surface area contributed by atoms with Gasteiger partial charge in [-0.25, -0.2) is 0 Å². The molecule has 136 valence electrons. The van der Waals surface area contributed by atoms with Crippen molar-refractivity contribution in [3.63, 3.8) is 0 Å². The van der Waals surface area contributed by atoms with Crippen LogP contribution in [0.1, 0.15) is 76.7 Å². The molecule has 1 aromatic carbocycles. The maximum atomic E-state index is 5.46. The lowest BCUT2D eigenvalue weighted by Crippen LogP contribution is -2.37. The monoisotopic (exact) mass is 348 g/mol. The number of nitrogens with zero attached hydrogens (tertiary/aromatic N) is 1. The summed E-state index contributed by atoms with van der Waals surface area (Å²) in [5.74, 6) is 0. The van der Waals surface area contributed by atoms with Crippen molar-refractivity contribution in [2.75, 3.05) is 13.6 Å². The number of nitrogens with one attached hydrogen (secondary N) is 1. The van der Waals surface area contributed by atoms with Gasteiger partial charge in [0, 0.05) is 20.1 Å². The molecule has 0 unspecified atom stereocenters. The van der Waals surface area contributed by atoms with Crippen molar-refractivity contribution in [1.29, 1.82) is 0 Å². The highest BCUT2D eigenvalue weighted by Crippen LogP contribution is 2.10. The Hall–Kier alpha value is -1.09. The lowest BCUT2D eigenvalue weighted by atomic mass is 10.1. The number of hydrogen-bond acceptors (Lipinski definition) is 1. The second-order valence-electron chi connectivity index (χ2n) is 6.76. The number of benzene rings is 1. The molecule has 0 aliphatic carbocycles. The highest BCUT2D eigenvalue weighted by Gasteiger charge is 2.04. The first-order valence-corrected chi connectivity index (χ1v) is 10.2. The van der Waals surface area contributed by atoms with Gasteiger partial charge in [-0.05, 0) is 24.2 Å². The molecule has 0 bridgehead atoms. The average molecular weight is 349 g/mol. The first-order chi connectivity index (χ1) is 11.7. The van der Waals surface area contributed by atoms with Gasteiger partial charge >= 0.3 is 0 Å². The maximum Gasteiger partial charge on any atom is 0.168 e. The van der Waals surface area contributed by atoms with Crippen LogP contribution in [0.15, 0.2) is 30.3 Å². The van der Waals surface area contributed by atoms with Crippen molar-refractivity contribution in [1.82, 2.24) is 10.2 Å². The van der Waals surface area contributed by atoms with Gasteiger partial charge in [0.05, 0.1) is 0 Å². The van der Waals surface area contributed by atoms with Gasteiger partial charge < -0.3 is 10.2 Å². The Labute approximate surface area is 155 Å². The van der Waals surface area contributed by atoms with Gasteiger partial charge in [-0.2, -0.15) is 0 Å². The van der Waals surface area contributed by atoms with Crippen LogP contribution in [-0.2, 0) is 6.54 Å². The average Bonchev–Trinajstić information content (AvgIpc) is 2.60. The zero-order chi connectivity index (χ0) is 17.5. The van der Waals surface area contributed by atoms with Crippen LogP contribution in [0.4, 0.5) is 0 Å². The van der Waals surface area contributed by atoms with E-state index in [2.05, 4.69) is 48.5 Å². The van der Waals surface area contributed by atoms with Gasteiger partial charge in [-0.1, -0.05) is 95.0 Å². The minimum absolute atomic E-state index is 0.856. The Balaban J connectivity index is 1.94. The van der Waals surface area contributed by atoms with Crippen molar-refractivity contribution >= 4 is 17.3 Å². The number of thiocarbonyl (C=S) groups is 1. The predicted molar refractivity (Wildman–Crippen MR) is 110 cm³/mol. The molecule has 0 aliphatic rings. The molecule has 0 aliphatic heterocycles. The molecule has 0 fully saturated rings. The van der Waals surface area contributed by atoms with Crippen LogP contribution in [0.3, 0.4) is 0 Å². The smallest absolute Gasteiger partial charge is 0.168 e. The van der Waals surface area contributed by atoms with Crippen LogP contribution in [-0.4, -0.2) is 23.6 Å². The van der Waals surface area contributed by atoms with E-state index in [0.717, 1.165) is 18.2 Å². The van der Waals surface area contributed by atoms with Crippen LogP contribution in [0.2, 0.25) is 0 Å². The molecule has 0 heterocycles. The Morgan fingerprint density at radius 3 is 2.00 bits per heavy atom. The van der Waals surface area contributed by atoms with Crippen LogP contribution in [0.25, 0.3) is 0 Å². The molecule has 0 saturated carbocycles.